The highest BCUT2D eigenvalue weighted by atomic mass is 32.1. The van der Waals surface area contributed by atoms with E-state index in [9.17, 15) is 4.79 Å². The number of benzene rings is 1. The molecule has 1 fully saturated rings. The van der Waals surface area contributed by atoms with Crippen LogP contribution in [0.3, 0.4) is 0 Å². The number of aromatic amines is 1. The second-order valence-electron chi connectivity index (χ2n) is 10.4. The Hall–Kier alpha value is -3.69. The largest absolute Gasteiger partial charge is 0.335 e. The first-order chi connectivity index (χ1) is 18.7. The zero-order chi connectivity index (χ0) is 25.5. The smallest absolute Gasteiger partial charge is 0.317 e. The molecule has 5 aromatic rings. The highest BCUT2D eigenvalue weighted by Gasteiger charge is 2.28. The molecule has 2 aliphatic heterocycles. The number of nitrogens with zero attached hydrogens (tertiary/aromatic N) is 5. The number of pyridine rings is 1. The molecule has 2 aliphatic rings. The average molecular weight is 526 g/mol. The maximum absolute atomic E-state index is 13.3. The standard InChI is InChI=1S/C29H31N7OS/c37-29(31-22-4-3-12-34(13-9-22)16-21-19-38-26-6-2-1-5-23(21)26)36-14-10-25-24(18-36)28(33-32-25)20-7-8-27-30-11-15-35(27)17-20/h1-2,5-8,11,15,17,19,22H,3-4,9-10,12-14,16,18H2,(H,31,37)(H,32,33)/t22-/m1/s1. The molecule has 38 heavy (non-hydrogen) atoms. The third-order valence-electron chi connectivity index (χ3n) is 7.99. The number of aromatic nitrogens is 4. The monoisotopic (exact) mass is 525 g/mol. The minimum atomic E-state index is 0.0372. The summed E-state index contributed by atoms with van der Waals surface area (Å²) in [6.45, 7) is 4.32. The summed E-state index contributed by atoms with van der Waals surface area (Å²) in [5.41, 5.74) is 6.50. The molecule has 0 aliphatic carbocycles. The fraction of sp³-hybridized carbons (Fsp3) is 0.345. The summed E-state index contributed by atoms with van der Waals surface area (Å²) in [5.74, 6) is 0. The van der Waals surface area contributed by atoms with Gasteiger partial charge in [0.15, 0.2) is 0 Å². The van der Waals surface area contributed by atoms with Crippen molar-refractivity contribution in [3.8, 4) is 11.3 Å². The van der Waals surface area contributed by atoms with Crippen molar-refractivity contribution < 1.29 is 4.79 Å². The Morgan fingerprint density at radius 3 is 3.05 bits per heavy atom. The van der Waals surface area contributed by atoms with Crippen LogP contribution < -0.4 is 5.32 Å². The van der Waals surface area contributed by atoms with E-state index in [0.717, 1.165) is 73.5 Å². The first-order valence-electron chi connectivity index (χ1n) is 13.4. The van der Waals surface area contributed by atoms with Gasteiger partial charge in [-0.1, -0.05) is 18.2 Å². The quantitative estimate of drug-likeness (QED) is 0.344. The number of carbonyl (C=O) groups excluding carboxylic acids is 1. The van der Waals surface area contributed by atoms with E-state index in [0.29, 0.717) is 13.1 Å². The van der Waals surface area contributed by atoms with Gasteiger partial charge in [-0.05, 0) is 60.3 Å². The molecule has 1 atom stereocenters. The molecule has 1 aromatic carbocycles. The van der Waals surface area contributed by atoms with Crippen molar-refractivity contribution in [1.29, 1.82) is 0 Å². The van der Waals surface area contributed by atoms with Crippen LogP contribution in [0.2, 0.25) is 0 Å². The van der Waals surface area contributed by atoms with Gasteiger partial charge in [0, 0.05) is 72.2 Å². The maximum atomic E-state index is 13.3. The van der Waals surface area contributed by atoms with Crippen LogP contribution in [0.15, 0.2) is 60.4 Å². The number of hydrogen-bond acceptors (Lipinski definition) is 5. The number of rotatable bonds is 4. The Morgan fingerprint density at radius 2 is 2.08 bits per heavy atom. The fourth-order valence-corrected chi connectivity index (χ4v) is 6.84. The van der Waals surface area contributed by atoms with E-state index in [1.165, 1.54) is 15.6 Å². The van der Waals surface area contributed by atoms with Crippen molar-refractivity contribution in [2.45, 2.75) is 44.8 Å². The Labute approximate surface area is 225 Å². The van der Waals surface area contributed by atoms with Gasteiger partial charge in [0.25, 0.3) is 0 Å². The van der Waals surface area contributed by atoms with E-state index in [2.05, 4.69) is 55.0 Å². The molecule has 7 rings (SSSR count). The predicted octanol–water partition coefficient (Wildman–Crippen LogP) is 5.06. The third kappa shape index (κ3) is 4.46. The molecule has 0 saturated carbocycles. The minimum Gasteiger partial charge on any atom is -0.335 e. The molecule has 0 unspecified atom stereocenters. The van der Waals surface area contributed by atoms with Crippen molar-refractivity contribution in [3.63, 3.8) is 0 Å². The van der Waals surface area contributed by atoms with E-state index in [1.807, 2.05) is 45.2 Å². The molecule has 0 bridgehead atoms. The lowest BCUT2D eigenvalue weighted by Crippen LogP contribution is -2.46. The number of imidazole rings is 1. The van der Waals surface area contributed by atoms with Gasteiger partial charge >= 0.3 is 6.03 Å². The number of likely N-dealkylation sites (tertiary alicyclic amines) is 1. The number of carbonyl (C=O) groups is 1. The number of H-pyrrole nitrogens is 1. The van der Waals surface area contributed by atoms with Gasteiger partial charge in [0.2, 0.25) is 0 Å². The topological polar surface area (TPSA) is 81.6 Å². The number of thiophene rings is 1. The van der Waals surface area contributed by atoms with Crippen molar-refractivity contribution in [3.05, 3.63) is 77.2 Å². The van der Waals surface area contributed by atoms with E-state index >= 15 is 0 Å². The summed E-state index contributed by atoms with van der Waals surface area (Å²) in [5, 5.41) is 14.9. The first-order valence-corrected chi connectivity index (χ1v) is 14.3. The molecule has 0 spiro atoms. The van der Waals surface area contributed by atoms with E-state index in [1.54, 1.807) is 6.20 Å². The summed E-state index contributed by atoms with van der Waals surface area (Å²) in [7, 11) is 0. The molecule has 0 radical (unpaired) electrons. The van der Waals surface area contributed by atoms with E-state index in [-0.39, 0.29) is 12.1 Å². The average Bonchev–Trinajstić information content (AvgIpc) is 3.65. The van der Waals surface area contributed by atoms with Gasteiger partial charge in [0.1, 0.15) is 5.65 Å². The first kappa shape index (κ1) is 23.4. The third-order valence-corrected chi connectivity index (χ3v) is 9.00. The molecule has 2 amide bonds. The lowest BCUT2D eigenvalue weighted by molar-refractivity contribution is 0.186. The van der Waals surface area contributed by atoms with Gasteiger partial charge < -0.3 is 14.6 Å². The van der Waals surface area contributed by atoms with E-state index < -0.39 is 0 Å². The molecule has 4 aromatic heterocycles. The van der Waals surface area contributed by atoms with Crippen molar-refractivity contribution in [2.75, 3.05) is 19.6 Å². The zero-order valence-electron chi connectivity index (χ0n) is 21.3. The Bertz CT molecular complexity index is 1600. The number of urea groups is 1. The Morgan fingerprint density at radius 1 is 1.13 bits per heavy atom. The van der Waals surface area contributed by atoms with Crippen LogP contribution in [0.5, 0.6) is 0 Å². The van der Waals surface area contributed by atoms with Gasteiger partial charge in [0.05, 0.1) is 12.2 Å². The van der Waals surface area contributed by atoms with Crippen LogP contribution in [0.4, 0.5) is 4.79 Å². The number of nitrogens with one attached hydrogen (secondary N) is 2. The lowest BCUT2D eigenvalue weighted by atomic mass is 10.0. The van der Waals surface area contributed by atoms with Crippen LogP contribution in [-0.4, -0.2) is 61.1 Å². The predicted molar refractivity (Wildman–Crippen MR) is 150 cm³/mol. The molecule has 1 saturated heterocycles. The van der Waals surface area contributed by atoms with Crippen LogP contribution in [-0.2, 0) is 19.5 Å². The second-order valence-corrected chi connectivity index (χ2v) is 11.3. The summed E-state index contributed by atoms with van der Waals surface area (Å²) >= 11 is 1.83. The van der Waals surface area contributed by atoms with Crippen LogP contribution >= 0.6 is 11.3 Å². The molecule has 2 N–H and O–H groups in total. The normalized spacial score (nSPS) is 18.5. The van der Waals surface area contributed by atoms with Gasteiger partial charge in [-0.3, -0.25) is 10.00 Å². The van der Waals surface area contributed by atoms with Crippen molar-refractivity contribution >= 4 is 33.1 Å². The highest BCUT2D eigenvalue weighted by Crippen LogP contribution is 2.30. The molecule has 9 heteroatoms. The van der Waals surface area contributed by atoms with Crippen LogP contribution in [0.1, 0.15) is 36.1 Å². The fourth-order valence-electron chi connectivity index (χ4n) is 5.89. The lowest BCUT2D eigenvalue weighted by Gasteiger charge is -2.29. The summed E-state index contributed by atoms with van der Waals surface area (Å²) in [6.07, 6.45) is 9.67. The number of fused-ring (bicyclic) bond motifs is 3. The second kappa shape index (κ2) is 9.89. The van der Waals surface area contributed by atoms with Crippen molar-refractivity contribution in [2.24, 2.45) is 0 Å². The molecular weight excluding hydrogens is 494 g/mol. The van der Waals surface area contributed by atoms with Crippen LogP contribution in [0, 0.1) is 0 Å². The highest BCUT2D eigenvalue weighted by molar-refractivity contribution is 7.17. The molecule has 8 nitrogen and oxygen atoms in total. The van der Waals surface area contributed by atoms with Gasteiger partial charge in [-0.25, -0.2) is 9.78 Å². The van der Waals surface area contributed by atoms with E-state index in [4.69, 9.17) is 0 Å². The molecular formula is C29H31N7OS. The molecule has 6 heterocycles. The van der Waals surface area contributed by atoms with Crippen LogP contribution in [0.25, 0.3) is 27.0 Å². The number of amides is 2. The Balaban J connectivity index is 0.988. The maximum Gasteiger partial charge on any atom is 0.317 e. The van der Waals surface area contributed by atoms with Crippen molar-refractivity contribution in [1.82, 2.24) is 34.7 Å². The summed E-state index contributed by atoms with van der Waals surface area (Å²) < 4.78 is 3.36. The van der Waals surface area contributed by atoms with Gasteiger partial charge in [-0.15, -0.1) is 11.3 Å². The number of hydrogen-bond donors (Lipinski definition) is 2. The molecule has 194 valence electrons. The SMILES string of the molecule is O=C(N[C@@H]1CCCN(Cc2csc3ccccc23)CC1)N1CCc2[nH]nc(-c3ccc4nccn4c3)c2C1. The summed E-state index contributed by atoms with van der Waals surface area (Å²) in [6, 6.07) is 13.0. The Kier molecular flexibility index (Phi) is 6.09. The summed E-state index contributed by atoms with van der Waals surface area (Å²) in [4.78, 5) is 22.2. The zero-order valence-corrected chi connectivity index (χ0v) is 22.1. The minimum absolute atomic E-state index is 0.0372. The van der Waals surface area contributed by atoms with Gasteiger partial charge in [-0.2, -0.15) is 5.10 Å².